The quantitative estimate of drug-likeness (QED) is 0.362. The van der Waals surface area contributed by atoms with E-state index < -0.39 is 0 Å². The van der Waals surface area contributed by atoms with E-state index in [2.05, 4.69) is 6.92 Å². The minimum absolute atomic E-state index is 0.254. The molecule has 0 aliphatic heterocycles. The summed E-state index contributed by atoms with van der Waals surface area (Å²) in [5.74, 6) is 0.193. The number of benzene rings is 3. The molecule has 0 unspecified atom stereocenters. The maximum Gasteiger partial charge on any atom is 0.182 e. The lowest BCUT2D eigenvalue weighted by molar-refractivity contribution is 0.176. The van der Waals surface area contributed by atoms with E-state index in [0.717, 1.165) is 41.0 Å². The Morgan fingerprint density at radius 3 is 2.52 bits per heavy atom. The monoisotopic (exact) mass is 382 g/mol. The topological polar surface area (TPSA) is 9.23 Å². The molecule has 1 nitrogen and oxygen atoms in total. The fourth-order valence-electron chi connectivity index (χ4n) is 3.83. The van der Waals surface area contributed by atoms with Gasteiger partial charge in [-0.15, -0.1) is 11.3 Å². The SMILES string of the molecule is CCc1ccc2cc3c(sc4c(F)c(OCC5CCC5)ccc43)c(F)c2c1. The predicted octanol–water partition coefficient (Wildman–Crippen LogP) is 7.23. The van der Waals surface area contributed by atoms with Crippen LogP contribution in [0.2, 0.25) is 0 Å². The maximum absolute atomic E-state index is 15.2. The summed E-state index contributed by atoms with van der Waals surface area (Å²) in [6.07, 6.45) is 4.41. The molecule has 5 rings (SSSR count). The van der Waals surface area contributed by atoms with Gasteiger partial charge in [0.05, 0.1) is 16.0 Å². The molecule has 0 N–H and O–H groups in total. The Hall–Kier alpha value is -2.20. The first-order chi connectivity index (χ1) is 13.2. The molecular formula is C23H20F2OS. The van der Waals surface area contributed by atoms with Crippen LogP contribution in [0, 0.1) is 17.6 Å². The number of fused-ring (bicyclic) bond motifs is 4. The molecule has 4 aromatic rings. The average molecular weight is 382 g/mol. The van der Waals surface area contributed by atoms with Crippen molar-refractivity contribution in [1.29, 1.82) is 0 Å². The fraction of sp³-hybridized carbons (Fsp3) is 0.304. The van der Waals surface area contributed by atoms with Crippen LogP contribution >= 0.6 is 11.3 Å². The van der Waals surface area contributed by atoms with Gasteiger partial charge in [0.25, 0.3) is 0 Å². The molecule has 0 amide bonds. The van der Waals surface area contributed by atoms with Gasteiger partial charge in [-0.25, -0.2) is 8.78 Å². The first-order valence-corrected chi connectivity index (χ1v) is 10.4. The third-order valence-corrected chi connectivity index (χ3v) is 6.97. The van der Waals surface area contributed by atoms with Gasteiger partial charge in [0.15, 0.2) is 11.6 Å². The molecule has 1 heterocycles. The molecule has 1 saturated carbocycles. The second-order valence-corrected chi connectivity index (χ2v) is 8.46. The molecule has 138 valence electrons. The van der Waals surface area contributed by atoms with Crippen LogP contribution in [0.15, 0.2) is 36.4 Å². The smallest absolute Gasteiger partial charge is 0.182 e. The second-order valence-electron chi connectivity index (χ2n) is 7.44. The van der Waals surface area contributed by atoms with E-state index in [9.17, 15) is 0 Å². The van der Waals surface area contributed by atoms with Gasteiger partial charge in [0.1, 0.15) is 5.82 Å². The maximum atomic E-state index is 15.2. The highest BCUT2D eigenvalue weighted by molar-refractivity contribution is 7.26. The summed E-state index contributed by atoms with van der Waals surface area (Å²) in [4.78, 5) is 0. The standard InChI is InChI=1S/C23H20F2OS/c1-2-13-6-7-15-11-18-16-8-9-19(26-12-14-4-3-5-14)21(25)22(16)27-23(18)20(24)17(15)10-13/h6-11,14H,2-5,12H2,1H3. The molecule has 27 heavy (non-hydrogen) atoms. The first-order valence-electron chi connectivity index (χ1n) is 9.54. The summed E-state index contributed by atoms with van der Waals surface area (Å²) < 4.78 is 37.0. The highest BCUT2D eigenvalue weighted by atomic mass is 32.1. The van der Waals surface area contributed by atoms with E-state index in [1.54, 1.807) is 6.07 Å². The van der Waals surface area contributed by atoms with Gasteiger partial charge in [0.2, 0.25) is 0 Å². The lowest BCUT2D eigenvalue weighted by atomic mass is 9.86. The van der Waals surface area contributed by atoms with E-state index in [0.29, 0.717) is 27.3 Å². The van der Waals surface area contributed by atoms with E-state index in [-0.39, 0.29) is 17.4 Å². The first kappa shape index (κ1) is 16.9. The molecule has 0 bridgehead atoms. The minimum Gasteiger partial charge on any atom is -0.490 e. The van der Waals surface area contributed by atoms with Crippen molar-refractivity contribution < 1.29 is 13.5 Å². The molecular weight excluding hydrogens is 362 g/mol. The predicted molar refractivity (Wildman–Crippen MR) is 109 cm³/mol. The molecule has 1 aliphatic carbocycles. The molecule has 1 fully saturated rings. The Morgan fingerprint density at radius 2 is 1.78 bits per heavy atom. The third kappa shape index (κ3) is 2.69. The van der Waals surface area contributed by atoms with Crippen molar-refractivity contribution in [2.24, 2.45) is 5.92 Å². The minimum atomic E-state index is -0.370. The number of rotatable bonds is 4. The van der Waals surface area contributed by atoms with Crippen LogP contribution < -0.4 is 4.74 Å². The number of halogens is 2. The van der Waals surface area contributed by atoms with Crippen molar-refractivity contribution in [3.63, 3.8) is 0 Å². The summed E-state index contributed by atoms with van der Waals surface area (Å²) in [7, 11) is 0. The largest absolute Gasteiger partial charge is 0.490 e. The zero-order chi connectivity index (χ0) is 18.5. The van der Waals surface area contributed by atoms with Gasteiger partial charge in [-0.1, -0.05) is 25.5 Å². The van der Waals surface area contributed by atoms with E-state index in [1.165, 1.54) is 17.8 Å². The number of aryl methyl sites for hydroxylation is 1. The van der Waals surface area contributed by atoms with Gasteiger partial charge in [-0.3, -0.25) is 0 Å². The van der Waals surface area contributed by atoms with Crippen molar-refractivity contribution in [3.8, 4) is 5.75 Å². The van der Waals surface area contributed by atoms with E-state index >= 15 is 8.78 Å². The van der Waals surface area contributed by atoms with Crippen molar-refractivity contribution in [1.82, 2.24) is 0 Å². The zero-order valence-electron chi connectivity index (χ0n) is 15.1. The van der Waals surface area contributed by atoms with Crippen molar-refractivity contribution >= 4 is 42.3 Å². The summed E-state index contributed by atoms with van der Waals surface area (Å²) >= 11 is 1.18. The number of hydrogen-bond acceptors (Lipinski definition) is 2. The molecule has 3 aromatic carbocycles. The highest BCUT2D eigenvalue weighted by Gasteiger charge is 2.21. The van der Waals surface area contributed by atoms with Gasteiger partial charge in [-0.05, 0) is 60.4 Å². The van der Waals surface area contributed by atoms with Crippen molar-refractivity contribution in [2.45, 2.75) is 32.6 Å². The zero-order valence-corrected chi connectivity index (χ0v) is 16.0. The highest BCUT2D eigenvalue weighted by Crippen LogP contribution is 2.42. The summed E-state index contributed by atoms with van der Waals surface area (Å²) in [6, 6.07) is 11.4. The van der Waals surface area contributed by atoms with Gasteiger partial charge >= 0.3 is 0 Å². The van der Waals surface area contributed by atoms with Crippen LogP contribution in [-0.4, -0.2) is 6.61 Å². The van der Waals surface area contributed by atoms with Crippen LogP contribution in [0.3, 0.4) is 0 Å². The Morgan fingerprint density at radius 1 is 0.963 bits per heavy atom. The van der Waals surface area contributed by atoms with Gasteiger partial charge in [0, 0.05) is 16.2 Å². The van der Waals surface area contributed by atoms with Crippen LogP contribution in [0.5, 0.6) is 5.75 Å². The molecule has 0 atom stereocenters. The van der Waals surface area contributed by atoms with Gasteiger partial charge in [-0.2, -0.15) is 0 Å². The van der Waals surface area contributed by atoms with Crippen LogP contribution in [-0.2, 0) is 6.42 Å². The molecule has 1 aliphatic rings. The fourth-order valence-corrected chi connectivity index (χ4v) is 4.99. The van der Waals surface area contributed by atoms with Crippen molar-refractivity contribution in [3.05, 3.63) is 53.6 Å². The molecule has 0 radical (unpaired) electrons. The Kier molecular flexibility index (Phi) is 4.05. The Balaban J connectivity index is 1.67. The molecule has 1 aromatic heterocycles. The normalized spacial score (nSPS) is 14.9. The molecule has 0 spiro atoms. The van der Waals surface area contributed by atoms with Crippen LogP contribution in [0.1, 0.15) is 31.7 Å². The van der Waals surface area contributed by atoms with Crippen molar-refractivity contribution in [2.75, 3.05) is 6.61 Å². The average Bonchev–Trinajstić information content (AvgIpc) is 3.02. The summed E-state index contributed by atoms with van der Waals surface area (Å²) in [5, 5.41) is 2.98. The number of thiophene rings is 1. The van der Waals surface area contributed by atoms with Crippen LogP contribution in [0.4, 0.5) is 8.78 Å². The van der Waals surface area contributed by atoms with Gasteiger partial charge < -0.3 is 4.74 Å². The lowest BCUT2D eigenvalue weighted by Gasteiger charge is -2.25. The summed E-state index contributed by atoms with van der Waals surface area (Å²) in [6.45, 7) is 2.61. The number of ether oxygens (including phenoxy) is 1. The van der Waals surface area contributed by atoms with E-state index in [1.807, 2.05) is 30.3 Å². The van der Waals surface area contributed by atoms with Crippen LogP contribution in [0.25, 0.3) is 30.9 Å². The molecule has 4 heteroatoms. The molecule has 0 saturated heterocycles. The third-order valence-electron chi connectivity index (χ3n) is 5.76. The Labute approximate surface area is 160 Å². The second kappa shape index (κ2) is 6.45. The number of hydrogen-bond donors (Lipinski definition) is 0. The Bertz CT molecular complexity index is 1170. The lowest BCUT2D eigenvalue weighted by Crippen LogP contribution is -2.19. The summed E-state index contributed by atoms with van der Waals surface area (Å²) in [5.41, 5.74) is 1.10. The van der Waals surface area contributed by atoms with E-state index in [4.69, 9.17) is 4.74 Å².